The van der Waals surface area contributed by atoms with Crippen LogP contribution in [-0.4, -0.2) is 29.7 Å². The molecule has 1 aliphatic rings. The highest BCUT2D eigenvalue weighted by Gasteiger charge is 2.25. The highest BCUT2D eigenvalue weighted by Crippen LogP contribution is 2.40. The first-order valence-electron chi connectivity index (χ1n) is 12.4. The summed E-state index contributed by atoms with van der Waals surface area (Å²) in [6.45, 7) is 2.67. The molecule has 0 N–H and O–H groups in total. The van der Waals surface area contributed by atoms with Crippen molar-refractivity contribution in [2.45, 2.75) is 26.1 Å². The summed E-state index contributed by atoms with van der Waals surface area (Å²) < 4.78 is 11.3. The summed E-state index contributed by atoms with van der Waals surface area (Å²) in [4.78, 5) is 19.5. The van der Waals surface area contributed by atoms with E-state index in [-0.39, 0.29) is 23.6 Å². The first-order chi connectivity index (χ1) is 19.1. The van der Waals surface area contributed by atoms with Crippen LogP contribution in [0.4, 0.5) is 10.7 Å². The molecule has 1 aliphatic heterocycles. The molecule has 0 saturated heterocycles. The predicted molar refractivity (Wildman–Crippen MR) is 151 cm³/mol. The minimum atomic E-state index is -0.470. The van der Waals surface area contributed by atoms with Gasteiger partial charge in [-0.1, -0.05) is 60.7 Å². The average Bonchev–Trinajstić information content (AvgIpc) is 3.32. The molecule has 39 heavy (non-hydrogen) atoms. The van der Waals surface area contributed by atoms with Crippen LogP contribution in [0.15, 0.2) is 77.8 Å². The van der Waals surface area contributed by atoms with E-state index < -0.39 is 4.92 Å². The Morgan fingerprint density at radius 3 is 2.49 bits per heavy atom. The fourth-order valence-electron chi connectivity index (χ4n) is 4.59. The van der Waals surface area contributed by atoms with Crippen molar-refractivity contribution in [1.82, 2.24) is 4.90 Å². The smallest absolute Gasteiger partial charge is 0.282 e. The van der Waals surface area contributed by atoms with Crippen molar-refractivity contribution in [2.75, 3.05) is 13.7 Å². The molecule has 196 valence electrons. The number of nitro groups is 1. The molecule has 0 atom stereocenters. The van der Waals surface area contributed by atoms with Crippen LogP contribution in [0.3, 0.4) is 0 Å². The number of aliphatic imine (C=N–C) groups is 1. The zero-order chi connectivity index (χ0) is 27.2. The molecule has 0 bridgehead atoms. The van der Waals surface area contributed by atoms with E-state index in [2.05, 4.69) is 28.1 Å². The quantitative estimate of drug-likeness (QED) is 0.138. The first kappa shape index (κ1) is 26.1. The van der Waals surface area contributed by atoms with Crippen molar-refractivity contribution in [2.24, 2.45) is 4.99 Å². The van der Waals surface area contributed by atoms with Gasteiger partial charge in [-0.2, -0.15) is 5.26 Å². The van der Waals surface area contributed by atoms with Crippen LogP contribution in [0.5, 0.6) is 11.5 Å². The lowest BCUT2D eigenvalue weighted by atomic mass is 10.0. The largest absolute Gasteiger partial charge is 0.493 e. The Morgan fingerprint density at radius 2 is 1.82 bits per heavy atom. The van der Waals surface area contributed by atoms with Crippen molar-refractivity contribution < 1.29 is 14.4 Å². The van der Waals surface area contributed by atoms with Crippen molar-refractivity contribution >= 4 is 28.2 Å². The van der Waals surface area contributed by atoms with Crippen molar-refractivity contribution in [3.05, 3.63) is 116 Å². The third kappa shape index (κ3) is 5.98. The highest BCUT2D eigenvalue weighted by atomic mass is 32.1. The van der Waals surface area contributed by atoms with Gasteiger partial charge in [-0.25, -0.2) is 4.99 Å². The highest BCUT2D eigenvalue weighted by molar-refractivity contribution is 7.16. The number of nitrogens with zero attached hydrogens (tertiary/aromatic N) is 4. The van der Waals surface area contributed by atoms with Crippen LogP contribution in [0, 0.1) is 21.4 Å². The molecule has 0 saturated carbocycles. The molecule has 0 amide bonds. The Bertz CT molecular complexity index is 1540. The van der Waals surface area contributed by atoms with Crippen molar-refractivity contribution in [3.63, 3.8) is 0 Å². The van der Waals surface area contributed by atoms with Gasteiger partial charge in [0.2, 0.25) is 0 Å². The number of hydrogen-bond acceptors (Lipinski definition) is 8. The van der Waals surface area contributed by atoms with Gasteiger partial charge in [0.1, 0.15) is 17.7 Å². The maximum Gasteiger partial charge on any atom is 0.282 e. The number of rotatable bonds is 9. The van der Waals surface area contributed by atoms with Gasteiger partial charge in [-0.15, -0.1) is 11.3 Å². The van der Waals surface area contributed by atoms with Gasteiger partial charge < -0.3 is 9.47 Å². The maximum atomic E-state index is 11.9. The van der Waals surface area contributed by atoms with Gasteiger partial charge in [-0.05, 0) is 29.2 Å². The number of ether oxygens (including phenoxy) is 2. The second-order valence-corrected chi connectivity index (χ2v) is 10.2. The molecule has 8 nitrogen and oxygen atoms in total. The van der Waals surface area contributed by atoms with E-state index in [1.165, 1.54) is 36.3 Å². The Balaban J connectivity index is 1.39. The molecule has 0 aliphatic carbocycles. The number of nitro benzene ring substituents is 1. The molecule has 4 aromatic rings. The van der Waals surface area contributed by atoms with E-state index in [1.807, 2.05) is 48.5 Å². The molecule has 0 radical (unpaired) electrons. The van der Waals surface area contributed by atoms with E-state index in [0.29, 0.717) is 16.3 Å². The standard InChI is InChI=1S/C30H26N4O4S/c1-37-27-14-23(26(34(35)36)15-28(27)38-20-22-10-6-3-7-11-22)17-32-30-25(16-31)24-12-13-33(19-29(24)39-30)18-21-8-4-2-5-9-21/h2-11,14-15,17H,12-13,18-20H2,1H3. The zero-order valence-electron chi connectivity index (χ0n) is 21.4. The Labute approximate surface area is 230 Å². The lowest BCUT2D eigenvalue weighted by Gasteiger charge is -2.26. The molecule has 1 aromatic heterocycles. The van der Waals surface area contributed by atoms with Crippen LogP contribution in [0.2, 0.25) is 0 Å². The summed E-state index contributed by atoms with van der Waals surface area (Å²) >= 11 is 1.47. The molecule has 3 aromatic carbocycles. The van der Waals surface area contributed by atoms with Gasteiger partial charge in [0.15, 0.2) is 11.5 Å². The van der Waals surface area contributed by atoms with Gasteiger partial charge in [0.05, 0.1) is 29.2 Å². The fourth-order valence-corrected chi connectivity index (χ4v) is 5.77. The van der Waals surface area contributed by atoms with Gasteiger partial charge in [-0.3, -0.25) is 15.0 Å². The number of benzene rings is 3. The van der Waals surface area contributed by atoms with Gasteiger partial charge in [0, 0.05) is 30.7 Å². The van der Waals surface area contributed by atoms with Crippen LogP contribution in [0.25, 0.3) is 0 Å². The zero-order valence-corrected chi connectivity index (χ0v) is 22.2. The molecule has 0 unspecified atom stereocenters. The average molecular weight is 539 g/mol. The van der Waals surface area contributed by atoms with Crippen LogP contribution < -0.4 is 9.47 Å². The van der Waals surface area contributed by atoms with Crippen LogP contribution >= 0.6 is 11.3 Å². The maximum absolute atomic E-state index is 11.9. The summed E-state index contributed by atoms with van der Waals surface area (Å²) in [6, 6.07) is 25.0. The summed E-state index contributed by atoms with van der Waals surface area (Å²) in [6.07, 6.45) is 2.19. The SMILES string of the molecule is COc1cc(C=Nc2sc3c(c2C#N)CCN(Cc2ccccc2)C3)c([N+](=O)[O-])cc1OCc1ccccc1. The number of methoxy groups -OCH3 is 1. The predicted octanol–water partition coefficient (Wildman–Crippen LogP) is 6.42. The molecule has 0 spiro atoms. The van der Waals surface area contributed by atoms with Gasteiger partial charge in [0.25, 0.3) is 5.69 Å². The molecular formula is C30H26N4O4S. The van der Waals surface area contributed by atoms with Crippen molar-refractivity contribution in [3.8, 4) is 17.6 Å². The fraction of sp³-hybridized carbons (Fsp3) is 0.200. The lowest BCUT2D eigenvalue weighted by Crippen LogP contribution is -2.29. The van der Waals surface area contributed by atoms with E-state index in [1.54, 1.807) is 6.07 Å². The molecular weight excluding hydrogens is 512 g/mol. The first-order valence-corrected chi connectivity index (χ1v) is 13.3. The monoisotopic (exact) mass is 538 g/mol. The number of thiophene rings is 1. The molecule has 0 fully saturated rings. The Hall–Kier alpha value is -4.52. The second-order valence-electron chi connectivity index (χ2n) is 9.09. The third-order valence-electron chi connectivity index (χ3n) is 6.55. The van der Waals surface area contributed by atoms with E-state index in [0.717, 1.165) is 42.1 Å². The Morgan fingerprint density at radius 1 is 1.10 bits per heavy atom. The molecule has 5 rings (SSSR count). The van der Waals surface area contributed by atoms with Crippen LogP contribution in [0.1, 0.15) is 32.7 Å². The molecule has 2 heterocycles. The topological polar surface area (TPSA) is 101 Å². The summed E-state index contributed by atoms with van der Waals surface area (Å²) in [5.74, 6) is 0.633. The summed E-state index contributed by atoms with van der Waals surface area (Å²) in [5.41, 5.74) is 3.86. The lowest BCUT2D eigenvalue weighted by molar-refractivity contribution is -0.385. The number of hydrogen-bond donors (Lipinski definition) is 0. The van der Waals surface area contributed by atoms with E-state index in [9.17, 15) is 15.4 Å². The number of nitriles is 1. The third-order valence-corrected chi connectivity index (χ3v) is 7.67. The van der Waals surface area contributed by atoms with Gasteiger partial charge >= 0.3 is 0 Å². The minimum absolute atomic E-state index is 0.156. The summed E-state index contributed by atoms with van der Waals surface area (Å²) in [5, 5.41) is 22.4. The number of fused-ring (bicyclic) bond motifs is 1. The van der Waals surface area contributed by atoms with E-state index >= 15 is 0 Å². The van der Waals surface area contributed by atoms with Crippen molar-refractivity contribution in [1.29, 1.82) is 5.26 Å². The van der Waals surface area contributed by atoms with E-state index in [4.69, 9.17) is 9.47 Å². The normalized spacial score (nSPS) is 13.1. The minimum Gasteiger partial charge on any atom is -0.493 e. The molecule has 9 heteroatoms. The summed E-state index contributed by atoms with van der Waals surface area (Å²) in [7, 11) is 1.49. The van der Waals surface area contributed by atoms with Crippen LogP contribution in [-0.2, 0) is 26.1 Å². The Kier molecular flexibility index (Phi) is 7.96. The second kappa shape index (κ2) is 11.9.